The zero-order valence-corrected chi connectivity index (χ0v) is 20.3. The van der Waals surface area contributed by atoms with Crippen molar-refractivity contribution < 1.29 is 14.0 Å². The molecule has 1 rings (SSSR count). The largest absolute Gasteiger partial charge is 0.460 e. The van der Waals surface area contributed by atoms with Crippen molar-refractivity contribution in [2.75, 3.05) is 0 Å². The fourth-order valence-corrected chi connectivity index (χ4v) is 4.51. The minimum absolute atomic E-state index is 0.00493. The van der Waals surface area contributed by atoms with Gasteiger partial charge in [0, 0.05) is 6.08 Å². The van der Waals surface area contributed by atoms with E-state index in [0.717, 1.165) is 19.3 Å². The van der Waals surface area contributed by atoms with Crippen molar-refractivity contribution in [2.45, 2.75) is 122 Å². The van der Waals surface area contributed by atoms with Crippen LogP contribution in [-0.4, -0.2) is 26.5 Å². The van der Waals surface area contributed by atoms with Crippen LogP contribution in [0.15, 0.2) is 24.3 Å². The number of hydrogen-bond donors (Lipinski definition) is 0. The van der Waals surface area contributed by atoms with Gasteiger partial charge in [-0.05, 0) is 44.3 Å². The van der Waals surface area contributed by atoms with Crippen molar-refractivity contribution in [1.82, 2.24) is 0 Å². The van der Waals surface area contributed by atoms with Crippen LogP contribution >= 0.6 is 0 Å². The predicted molar refractivity (Wildman–Crippen MR) is 122 cm³/mol. The zero-order chi connectivity index (χ0) is 21.0. The van der Waals surface area contributed by atoms with E-state index in [4.69, 9.17) is 9.16 Å². The van der Waals surface area contributed by atoms with Crippen molar-refractivity contribution in [3.05, 3.63) is 24.3 Å². The standard InChI is InChI=1S/C24H44O3Si/c1-21-17-13-11-9-7-8-10-12-14-18-22(19-15-16-20-23(25)26-21)27-28(5,6)24(2,3)4/h15-16,19-22H,7-14,17-18H2,1-6H3/b19-15+,20-16-/t21-,22+/m0/s1. The molecule has 0 spiro atoms. The molecule has 2 atom stereocenters. The zero-order valence-electron chi connectivity index (χ0n) is 19.3. The highest BCUT2D eigenvalue weighted by Gasteiger charge is 2.38. The lowest BCUT2D eigenvalue weighted by Gasteiger charge is -2.38. The summed E-state index contributed by atoms with van der Waals surface area (Å²) in [7, 11) is -1.82. The number of carbonyl (C=O) groups excluding carboxylic acids is 1. The van der Waals surface area contributed by atoms with Gasteiger partial charge in [-0.1, -0.05) is 83.9 Å². The average Bonchev–Trinajstić information content (AvgIpc) is 2.58. The molecule has 0 N–H and O–H groups in total. The summed E-state index contributed by atoms with van der Waals surface area (Å²) >= 11 is 0. The highest BCUT2D eigenvalue weighted by atomic mass is 28.4. The van der Waals surface area contributed by atoms with Crippen molar-refractivity contribution >= 4 is 14.3 Å². The average molecular weight is 409 g/mol. The van der Waals surface area contributed by atoms with Crippen LogP contribution in [0.4, 0.5) is 0 Å². The SMILES string of the molecule is C[C@H]1CCCCCCCCCC[C@@H](O[Si](C)(C)C(C)(C)C)/C=C/C=C\C(=O)O1. The van der Waals surface area contributed by atoms with Gasteiger partial charge in [-0.15, -0.1) is 0 Å². The first-order chi connectivity index (χ1) is 13.1. The number of carbonyl (C=O) groups is 1. The molecule has 0 amide bonds. The lowest BCUT2D eigenvalue weighted by atomic mass is 10.0. The highest BCUT2D eigenvalue weighted by molar-refractivity contribution is 6.74. The minimum atomic E-state index is -1.82. The third-order valence-corrected chi connectivity index (χ3v) is 10.6. The Kier molecular flexibility index (Phi) is 11.4. The summed E-state index contributed by atoms with van der Waals surface area (Å²) in [5.74, 6) is -0.250. The molecule has 4 heteroatoms. The van der Waals surface area contributed by atoms with E-state index in [0.29, 0.717) is 0 Å². The van der Waals surface area contributed by atoms with Crippen molar-refractivity contribution in [1.29, 1.82) is 0 Å². The first-order valence-electron chi connectivity index (χ1n) is 11.3. The van der Waals surface area contributed by atoms with Gasteiger partial charge in [-0.2, -0.15) is 0 Å². The molecule has 0 fully saturated rings. The molecule has 1 aliphatic heterocycles. The molecule has 0 unspecified atom stereocenters. The van der Waals surface area contributed by atoms with E-state index in [1.807, 2.05) is 13.0 Å². The van der Waals surface area contributed by atoms with Gasteiger partial charge in [0.05, 0.1) is 12.2 Å². The Bertz CT molecular complexity index is 502. The summed E-state index contributed by atoms with van der Waals surface area (Å²) in [6.45, 7) is 13.4. The van der Waals surface area contributed by atoms with E-state index >= 15 is 0 Å². The molecule has 1 aliphatic rings. The molecule has 162 valence electrons. The van der Waals surface area contributed by atoms with Gasteiger partial charge < -0.3 is 9.16 Å². The molecule has 1 heterocycles. The Labute approximate surface area is 175 Å². The summed E-state index contributed by atoms with van der Waals surface area (Å²) in [6.07, 6.45) is 19.7. The summed E-state index contributed by atoms with van der Waals surface area (Å²) in [5, 5.41) is 0.197. The lowest BCUT2D eigenvalue weighted by Crippen LogP contribution is -2.43. The maximum Gasteiger partial charge on any atom is 0.331 e. The Morgan fingerprint density at radius 1 is 0.929 bits per heavy atom. The number of esters is 1. The molecule has 0 saturated carbocycles. The Morgan fingerprint density at radius 2 is 1.46 bits per heavy atom. The van der Waals surface area contributed by atoms with Crippen LogP contribution in [0.1, 0.15) is 91.9 Å². The van der Waals surface area contributed by atoms with Crippen molar-refractivity contribution in [3.8, 4) is 0 Å². The fourth-order valence-electron chi connectivity index (χ4n) is 3.21. The summed E-state index contributed by atoms with van der Waals surface area (Å²) in [6, 6.07) is 0. The second kappa shape index (κ2) is 12.6. The third kappa shape index (κ3) is 10.6. The van der Waals surface area contributed by atoms with E-state index in [9.17, 15) is 4.79 Å². The second-order valence-corrected chi connectivity index (χ2v) is 14.6. The number of hydrogen-bond acceptors (Lipinski definition) is 3. The van der Waals surface area contributed by atoms with Crippen LogP contribution in [0.3, 0.4) is 0 Å². The monoisotopic (exact) mass is 408 g/mol. The van der Waals surface area contributed by atoms with Crippen LogP contribution in [0.5, 0.6) is 0 Å². The third-order valence-electron chi connectivity index (χ3n) is 6.09. The fraction of sp³-hybridized carbons (Fsp3) is 0.792. The molecule has 0 bridgehead atoms. The predicted octanol–water partition coefficient (Wildman–Crippen LogP) is 7.34. The van der Waals surface area contributed by atoms with Crippen molar-refractivity contribution in [2.24, 2.45) is 0 Å². The highest BCUT2D eigenvalue weighted by Crippen LogP contribution is 2.38. The second-order valence-electron chi connectivity index (χ2n) is 9.81. The number of rotatable bonds is 2. The van der Waals surface area contributed by atoms with Gasteiger partial charge >= 0.3 is 5.97 Å². The summed E-state index contributed by atoms with van der Waals surface area (Å²) in [4.78, 5) is 12.0. The van der Waals surface area contributed by atoms with Crippen LogP contribution in [0, 0.1) is 0 Å². The van der Waals surface area contributed by atoms with Gasteiger partial charge in [0.25, 0.3) is 0 Å². The van der Waals surface area contributed by atoms with Crippen molar-refractivity contribution in [3.63, 3.8) is 0 Å². The van der Waals surface area contributed by atoms with E-state index < -0.39 is 8.32 Å². The molecule has 0 saturated heterocycles. The molecule has 28 heavy (non-hydrogen) atoms. The molecular weight excluding hydrogens is 364 g/mol. The Morgan fingerprint density at radius 3 is 2.04 bits per heavy atom. The van der Waals surface area contributed by atoms with Gasteiger partial charge in [-0.3, -0.25) is 0 Å². The molecule has 0 aromatic rings. The van der Waals surface area contributed by atoms with Gasteiger partial charge in [0.1, 0.15) is 0 Å². The van der Waals surface area contributed by atoms with Crippen LogP contribution in [0.2, 0.25) is 18.1 Å². The van der Waals surface area contributed by atoms with Crippen LogP contribution in [-0.2, 0) is 14.0 Å². The molecular formula is C24H44O3Si. The van der Waals surface area contributed by atoms with Crippen LogP contribution < -0.4 is 0 Å². The quantitative estimate of drug-likeness (QED) is 0.354. The number of cyclic esters (lactones) is 1. The first-order valence-corrected chi connectivity index (χ1v) is 14.3. The molecule has 0 aliphatic carbocycles. The first kappa shape index (κ1) is 25.2. The maximum absolute atomic E-state index is 12.0. The summed E-state index contributed by atoms with van der Waals surface area (Å²) in [5.41, 5.74) is 0. The smallest absolute Gasteiger partial charge is 0.331 e. The molecule has 3 nitrogen and oxygen atoms in total. The Balaban J connectivity index is 2.76. The molecule has 0 aromatic carbocycles. The topological polar surface area (TPSA) is 35.5 Å². The van der Waals surface area contributed by atoms with E-state index in [2.05, 4.69) is 39.9 Å². The van der Waals surface area contributed by atoms with E-state index in [1.54, 1.807) is 6.08 Å². The Hall–Kier alpha value is -0.873. The lowest BCUT2D eigenvalue weighted by molar-refractivity contribution is -0.142. The normalized spacial score (nSPS) is 27.3. The van der Waals surface area contributed by atoms with E-state index in [-0.39, 0.29) is 23.2 Å². The number of ether oxygens (including phenoxy) is 1. The van der Waals surface area contributed by atoms with Gasteiger partial charge in [0.15, 0.2) is 8.32 Å². The minimum Gasteiger partial charge on any atom is -0.460 e. The van der Waals surface area contributed by atoms with Gasteiger partial charge in [0.2, 0.25) is 0 Å². The van der Waals surface area contributed by atoms with Crippen LogP contribution in [0.25, 0.3) is 0 Å². The number of allylic oxidation sites excluding steroid dienone is 2. The summed E-state index contributed by atoms with van der Waals surface area (Å²) < 4.78 is 12.1. The maximum atomic E-state index is 12.0. The molecule has 0 aromatic heterocycles. The van der Waals surface area contributed by atoms with Gasteiger partial charge in [-0.25, -0.2) is 4.79 Å². The van der Waals surface area contributed by atoms with E-state index in [1.165, 1.54) is 51.0 Å². The molecule has 0 radical (unpaired) electrons.